The summed E-state index contributed by atoms with van der Waals surface area (Å²) in [6.07, 6.45) is 3.08. The van der Waals surface area contributed by atoms with E-state index in [2.05, 4.69) is 27.5 Å². The van der Waals surface area contributed by atoms with Crippen LogP contribution in [-0.4, -0.2) is 24.5 Å². The molecule has 0 aromatic heterocycles. The second-order valence-electron chi connectivity index (χ2n) is 3.11. The molecule has 82 valence electrons. The Hall–Kier alpha value is -0.480. The van der Waals surface area contributed by atoms with Crippen LogP contribution < -0.4 is 5.32 Å². The minimum atomic E-state index is 0.00334. The lowest BCUT2D eigenvalue weighted by atomic mass is 10.2. The van der Waals surface area contributed by atoms with Crippen molar-refractivity contribution in [2.24, 2.45) is 0 Å². The van der Waals surface area contributed by atoms with Crippen LogP contribution >= 0.6 is 27.7 Å². The van der Waals surface area contributed by atoms with Crippen LogP contribution in [0.1, 0.15) is 16.8 Å². The molecule has 4 heteroatoms. The molecule has 0 aliphatic heterocycles. The van der Waals surface area contributed by atoms with E-state index >= 15 is 0 Å². The van der Waals surface area contributed by atoms with E-state index in [0.717, 1.165) is 23.2 Å². The Morgan fingerprint density at radius 3 is 2.67 bits per heavy atom. The molecule has 0 bridgehead atoms. The Bertz CT molecular complexity index is 313. The lowest BCUT2D eigenvalue weighted by Gasteiger charge is -2.04. The molecule has 1 amide bonds. The van der Waals surface area contributed by atoms with Gasteiger partial charge < -0.3 is 5.32 Å². The average Bonchev–Trinajstić information content (AvgIpc) is 2.25. The molecule has 0 unspecified atom stereocenters. The number of rotatable bonds is 5. The van der Waals surface area contributed by atoms with Crippen molar-refractivity contribution < 1.29 is 4.79 Å². The summed E-state index contributed by atoms with van der Waals surface area (Å²) in [6.45, 7) is 0.746. The molecular weight excluding hydrogens is 274 g/mol. The molecule has 0 saturated carbocycles. The first-order valence-electron chi connectivity index (χ1n) is 4.76. The molecule has 1 N–H and O–H groups in total. The van der Waals surface area contributed by atoms with Crippen LogP contribution in [0.3, 0.4) is 0 Å². The van der Waals surface area contributed by atoms with Crippen molar-refractivity contribution >= 4 is 33.6 Å². The molecule has 0 radical (unpaired) electrons. The van der Waals surface area contributed by atoms with E-state index in [0.29, 0.717) is 5.56 Å². The summed E-state index contributed by atoms with van der Waals surface area (Å²) >= 11 is 5.13. The van der Waals surface area contributed by atoms with Gasteiger partial charge in [0.05, 0.1) is 0 Å². The number of amides is 1. The van der Waals surface area contributed by atoms with Gasteiger partial charge in [0, 0.05) is 16.6 Å². The zero-order valence-electron chi connectivity index (χ0n) is 8.63. The smallest absolute Gasteiger partial charge is 0.251 e. The first-order valence-corrected chi connectivity index (χ1v) is 6.95. The lowest BCUT2D eigenvalue weighted by Crippen LogP contribution is -2.24. The standard InChI is InChI=1S/C11H14BrNOS/c1-15-8-2-7-13-11(14)9-3-5-10(12)6-4-9/h3-6H,2,7-8H2,1H3,(H,13,14). The van der Waals surface area contributed by atoms with Gasteiger partial charge in [-0.1, -0.05) is 15.9 Å². The van der Waals surface area contributed by atoms with Crippen LogP contribution in [0, 0.1) is 0 Å². The molecule has 0 saturated heterocycles. The molecule has 0 aliphatic carbocycles. The summed E-state index contributed by atoms with van der Waals surface area (Å²) in [4.78, 5) is 11.6. The maximum Gasteiger partial charge on any atom is 0.251 e. The Morgan fingerprint density at radius 2 is 2.07 bits per heavy atom. The third-order valence-electron chi connectivity index (χ3n) is 1.92. The minimum Gasteiger partial charge on any atom is -0.352 e. The van der Waals surface area contributed by atoms with E-state index in [4.69, 9.17) is 0 Å². The predicted molar refractivity (Wildman–Crippen MR) is 69.5 cm³/mol. The summed E-state index contributed by atoms with van der Waals surface area (Å²) in [5.41, 5.74) is 0.711. The van der Waals surface area contributed by atoms with Gasteiger partial charge in [-0.2, -0.15) is 11.8 Å². The molecule has 2 nitrogen and oxygen atoms in total. The van der Waals surface area contributed by atoms with Crippen LogP contribution in [0.15, 0.2) is 28.7 Å². The van der Waals surface area contributed by atoms with Crippen LogP contribution in [0.25, 0.3) is 0 Å². The average molecular weight is 288 g/mol. The van der Waals surface area contributed by atoms with Crippen molar-refractivity contribution in [1.29, 1.82) is 0 Å². The van der Waals surface area contributed by atoms with Crippen LogP contribution in [0.5, 0.6) is 0 Å². The Labute approximate surface area is 103 Å². The van der Waals surface area contributed by atoms with Crippen molar-refractivity contribution in [2.45, 2.75) is 6.42 Å². The van der Waals surface area contributed by atoms with Crippen molar-refractivity contribution in [3.05, 3.63) is 34.3 Å². The van der Waals surface area contributed by atoms with E-state index in [1.54, 1.807) is 11.8 Å². The Kier molecular flexibility index (Phi) is 5.79. The van der Waals surface area contributed by atoms with E-state index in [9.17, 15) is 4.79 Å². The molecular formula is C11H14BrNOS. The molecule has 0 heterocycles. The van der Waals surface area contributed by atoms with E-state index in [1.165, 1.54) is 0 Å². The van der Waals surface area contributed by atoms with Gasteiger partial charge in [-0.25, -0.2) is 0 Å². The van der Waals surface area contributed by atoms with Gasteiger partial charge >= 0.3 is 0 Å². The number of benzene rings is 1. The monoisotopic (exact) mass is 287 g/mol. The fourth-order valence-electron chi connectivity index (χ4n) is 1.12. The largest absolute Gasteiger partial charge is 0.352 e. The molecule has 0 aliphatic rings. The Morgan fingerprint density at radius 1 is 1.40 bits per heavy atom. The first-order chi connectivity index (χ1) is 7.24. The molecule has 0 spiro atoms. The highest BCUT2D eigenvalue weighted by Crippen LogP contribution is 2.10. The second kappa shape index (κ2) is 6.90. The van der Waals surface area contributed by atoms with Gasteiger partial charge in [0.1, 0.15) is 0 Å². The number of carbonyl (C=O) groups is 1. The summed E-state index contributed by atoms with van der Waals surface area (Å²) in [7, 11) is 0. The van der Waals surface area contributed by atoms with Gasteiger partial charge in [0.2, 0.25) is 0 Å². The fraction of sp³-hybridized carbons (Fsp3) is 0.364. The maximum atomic E-state index is 11.6. The van der Waals surface area contributed by atoms with Crippen LogP contribution in [0.4, 0.5) is 0 Å². The number of halogens is 1. The maximum absolute atomic E-state index is 11.6. The highest BCUT2D eigenvalue weighted by molar-refractivity contribution is 9.10. The van der Waals surface area contributed by atoms with Crippen molar-refractivity contribution in [1.82, 2.24) is 5.32 Å². The number of thioether (sulfide) groups is 1. The van der Waals surface area contributed by atoms with Crippen LogP contribution in [0.2, 0.25) is 0 Å². The normalized spacial score (nSPS) is 10.0. The predicted octanol–water partition coefficient (Wildman–Crippen LogP) is 2.93. The van der Waals surface area contributed by atoms with Gasteiger partial charge in [0.25, 0.3) is 5.91 Å². The second-order valence-corrected chi connectivity index (χ2v) is 5.01. The highest BCUT2D eigenvalue weighted by atomic mass is 79.9. The van der Waals surface area contributed by atoms with Gasteiger partial charge in [-0.3, -0.25) is 4.79 Å². The van der Waals surface area contributed by atoms with Crippen molar-refractivity contribution in [2.75, 3.05) is 18.6 Å². The van der Waals surface area contributed by atoms with E-state index in [1.807, 2.05) is 24.3 Å². The molecule has 1 rings (SSSR count). The molecule has 0 atom stereocenters. The summed E-state index contributed by atoms with van der Waals surface area (Å²) in [6, 6.07) is 7.37. The number of hydrogen-bond donors (Lipinski definition) is 1. The molecule has 15 heavy (non-hydrogen) atoms. The third-order valence-corrected chi connectivity index (χ3v) is 3.14. The Balaban J connectivity index is 2.37. The number of hydrogen-bond acceptors (Lipinski definition) is 2. The topological polar surface area (TPSA) is 29.1 Å². The zero-order valence-corrected chi connectivity index (χ0v) is 11.0. The first kappa shape index (κ1) is 12.6. The van der Waals surface area contributed by atoms with Crippen molar-refractivity contribution in [3.8, 4) is 0 Å². The highest BCUT2D eigenvalue weighted by Gasteiger charge is 2.03. The molecule has 1 aromatic carbocycles. The minimum absolute atomic E-state index is 0.00334. The fourth-order valence-corrected chi connectivity index (χ4v) is 1.82. The molecule has 1 aromatic rings. The van der Waals surface area contributed by atoms with Gasteiger partial charge in [-0.05, 0) is 42.7 Å². The zero-order chi connectivity index (χ0) is 11.1. The van der Waals surface area contributed by atoms with Gasteiger partial charge in [-0.15, -0.1) is 0 Å². The summed E-state index contributed by atoms with van der Waals surface area (Å²) < 4.78 is 0.987. The van der Waals surface area contributed by atoms with Crippen LogP contribution in [-0.2, 0) is 0 Å². The summed E-state index contributed by atoms with van der Waals surface area (Å²) in [5, 5.41) is 2.89. The summed E-state index contributed by atoms with van der Waals surface area (Å²) in [5.74, 6) is 1.09. The SMILES string of the molecule is CSCCCNC(=O)c1ccc(Br)cc1. The number of carbonyl (C=O) groups excluding carboxylic acids is 1. The van der Waals surface area contributed by atoms with E-state index < -0.39 is 0 Å². The van der Waals surface area contributed by atoms with Crippen molar-refractivity contribution in [3.63, 3.8) is 0 Å². The number of nitrogens with one attached hydrogen (secondary N) is 1. The third kappa shape index (κ3) is 4.71. The molecule has 0 fully saturated rings. The van der Waals surface area contributed by atoms with E-state index in [-0.39, 0.29) is 5.91 Å². The quantitative estimate of drug-likeness (QED) is 0.844. The van der Waals surface area contributed by atoms with Gasteiger partial charge in [0.15, 0.2) is 0 Å². The lowest BCUT2D eigenvalue weighted by molar-refractivity contribution is 0.0954.